The fourth-order valence-corrected chi connectivity index (χ4v) is 1.55. The van der Waals surface area contributed by atoms with Crippen LogP contribution < -0.4 is 0 Å². The number of hydrogen-bond acceptors (Lipinski definition) is 4. The third kappa shape index (κ3) is 4.18. The van der Waals surface area contributed by atoms with Gasteiger partial charge in [0.05, 0.1) is 10.5 Å². The van der Waals surface area contributed by atoms with Crippen LogP contribution >= 0.6 is 15.9 Å². The Kier molecular flexibility index (Phi) is 5.88. The Bertz CT molecular complexity index is 484. The first-order chi connectivity index (χ1) is 8.69. The molecule has 0 aliphatic heterocycles. The number of allylic oxidation sites excluding steroid dienone is 5. The Morgan fingerprint density at radius 3 is 2.94 bits per heavy atom. The van der Waals surface area contributed by atoms with Crippen molar-refractivity contribution in [3.05, 3.63) is 57.5 Å². The van der Waals surface area contributed by atoms with Gasteiger partial charge in [0.2, 0.25) is 0 Å². The molecule has 0 aromatic rings. The van der Waals surface area contributed by atoms with E-state index in [1.54, 1.807) is 0 Å². The summed E-state index contributed by atoms with van der Waals surface area (Å²) in [5, 5.41) is 20.3. The smallest absolute Gasteiger partial charge is 0.265 e. The van der Waals surface area contributed by atoms with Crippen molar-refractivity contribution in [2.45, 2.75) is 6.42 Å². The van der Waals surface area contributed by atoms with E-state index in [4.69, 9.17) is 10.00 Å². The highest BCUT2D eigenvalue weighted by atomic mass is 79.9. The first-order valence-electron chi connectivity index (χ1n) is 5.18. The monoisotopic (exact) mass is 310 g/mol. The normalized spacial score (nSPS) is 15.2. The lowest BCUT2D eigenvalue weighted by Crippen LogP contribution is -1.96. The number of nitro groups is 1. The summed E-state index contributed by atoms with van der Waals surface area (Å²) < 4.78 is 5.43. The average molecular weight is 311 g/mol. The second kappa shape index (κ2) is 7.45. The van der Waals surface area contributed by atoms with E-state index in [1.165, 1.54) is 18.2 Å². The summed E-state index contributed by atoms with van der Waals surface area (Å²) in [6, 6.07) is 1.97. The van der Waals surface area contributed by atoms with Crippen molar-refractivity contribution in [2.75, 3.05) is 11.9 Å². The third-order valence-electron chi connectivity index (χ3n) is 2.16. The molecule has 0 bridgehead atoms. The molecule has 18 heavy (non-hydrogen) atoms. The molecule has 1 aliphatic rings. The summed E-state index contributed by atoms with van der Waals surface area (Å²) >= 11 is 3.24. The molecule has 0 heterocycles. The van der Waals surface area contributed by atoms with Gasteiger partial charge in [-0.3, -0.25) is 10.1 Å². The summed E-state index contributed by atoms with van der Waals surface area (Å²) in [7, 11) is 0. The molecule has 0 radical (unpaired) electrons. The van der Waals surface area contributed by atoms with Gasteiger partial charge in [-0.1, -0.05) is 28.1 Å². The summed E-state index contributed by atoms with van der Waals surface area (Å²) in [6.07, 6.45) is 8.08. The molecule has 0 spiro atoms. The molecule has 0 N–H and O–H groups in total. The Labute approximate surface area is 113 Å². The van der Waals surface area contributed by atoms with Crippen molar-refractivity contribution in [2.24, 2.45) is 0 Å². The zero-order chi connectivity index (χ0) is 13.4. The van der Waals surface area contributed by atoms with Gasteiger partial charge in [-0.2, -0.15) is 5.26 Å². The van der Waals surface area contributed by atoms with Crippen molar-refractivity contribution in [1.29, 1.82) is 5.26 Å². The molecule has 0 amide bonds. The van der Waals surface area contributed by atoms with E-state index in [1.807, 2.05) is 18.2 Å². The van der Waals surface area contributed by atoms with Gasteiger partial charge < -0.3 is 4.74 Å². The van der Waals surface area contributed by atoms with Gasteiger partial charge in [-0.05, 0) is 6.08 Å². The van der Waals surface area contributed by atoms with Gasteiger partial charge in [-0.15, -0.1) is 0 Å². The van der Waals surface area contributed by atoms with Crippen LogP contribution in [0, 0.1) is 21.4 Å². The summed E-state index contributed by atoms with van der Waals surface area (Å²) in [6.45, 7) is 0.335. The molecule has 0 atom stereocenters. The molecule has 1 rings (SSSR count). The molecule has 0 aromatic carbocycles. The van der Waals surface area contributed by atoms with Crippen molar-refractivity contribution < 1.29 is 9.66 Å². The quantitative estimate of drug-likeness (QED) is 0.338. The Morgan fingerprint density at radius 2 is 2.33 bits per heavy atom. The highest BCUT2D eigenvalue weighted by Crippen LogP contribution is 2.19. The van der Waals surface area contributed by atoms with Crippen LogP contribution in [0.25, 0.3) is 0 Å². The number of nitrogens with zero attached hydrogens (tertiary/aromatic N) is 2. The van der Waals surface area contributed by atoms with Crippen molar-refractivity contribution >= 4 is 15.9 Å². The topological polar surface area (TPSA) is 76.2 Å². The molecule has 0 unspecified atom stereocenters. The highest BCUT2D eigenvalue weighted by Gasteiger charge is 2.13. The number of rotatable bonds is 5. The maximum atomic E-state index is 10.6. The number of halogens is 1. The minimum absolute atomic E-state index is 0.0302. The largest absolute Gasteiger partial charge is 0.492 e. The van der Waals surface area contributed by atoms with Gasteiger partial charge in [-0.25, -0.2) is 0 Å². The molecular weight excluding hydrogens is 300 g/mol. The van der Waals surface area contributed by atoms with Gasteiger partial charge in [0, 0.05) is 23.9 Å². The van der Waals surface area contributed by atoms with E-state index in [9.17, 15) is 10.1 Å². The maximum absolute atomic E-state index is 10.6. The first-order valence-corrected chi connectivity index (χ1v) is 6.30. The van der Waals surface area contributed by atoms with Crippen molar-refractivity contribution in [3.8, 4) is 6.07 Å². The Morgan fingerprint density at radius 1 is 1.56 bits per heavy atom. The van der Waals surface area contributed by atoms with Crippen LogP contribution in [0.3, 0.4) is 0 Å². The van der Waals surface area contributed by atoms with Gasteiger partial charge in [0.1, 0.15) is 18.4 Å². The zero-order valence-corrected chi connectivity index (χ0v) is 11.1. The summed E-state index contributed by atoms with van der Waals surface area (Å²) in [5.74, 6) is 0.449. The lowest BCUT2D eigenvalue weighted by molar-refractivity contribution is -0.419. The van der Waals surface area contributed by atoms with E-state index in [0.717, 1.165) is 5.33 Å². The molecule has 0 saturated carbocycles. The summed E-state index contributed by atoms with van der Waals surface area (Å²) in [5.41, 5.74) is 0.285. The van der Waals surface area contributed by atoms with Crippen molar-refractivity contribution in [1.82, 2.24) is 0 Å². The Hall–Kier alpha value is -1.87. The van der Waals surface area contributed by atoms with Crippen LogP contribution in [-0.4, -0.2) is 16.9 Å². The van der Waals surface area contributed by atoms with Crippen LogP contribution in [0.4, 0.5) is 0 Å². The minimum Gasteiger partial charge on any atom is -0.492 e. The number of hydrogen-bond donors (Lipinski definition) is 0. The maximum Gasteiger partial charge on any atom is 0.265 e. The highest BCUT2D eigenvalue weighted by molar-refractivity contribution is 9.09. The molecule has 94 valence electrons. The summed E-state index contributed by atoms with van der Waals surface area (Å²) in [4.78, 5) is 10.1. The van der Waals surface area contributed by atoms with Gasteiger partial charge >= 0.3 is 0 Å². The molecule has 0 fully saturated rings. The molecule has 5 nitrogen and oxygen atoms in total. The second-order valence-corrected chi connectivity index (χ2v) is 3.96. The number of alkyl halides is 1. The standard InChI is InChI=1S/C12H11BrN2O3/c13-7-1-2-8-18-12-6-5-11(15(16)17)4-3-10(12)9-14/h1-5H,6-8H2/b2-1+. The van der Waals surface area contributed by atoms with Crippen LogP contribution in [0.2, 0.25) is 0 Å². The van der Waals surface area contributed by atoms with E-state index < -0.39 is 4.92 Å². The predicted molar refractivity (Wildman–Crippen MR) is 70.4 cm³/mol. The minimum atomic E-state index is -0.487. The fraction of sp³-hybridized carbons (Fsp3) is 0.250. The van der Waals surface area contributed by atoms with Crippen LogP contribution in [-0.2, 0) is 4.74 Å². The van der Waals surface area contributed by atoms with E-state index in [0.29, 0.717) is 17.9 Å². The van der Waals surface area contributed by atoms with E-state index in [-0.39, 0.29) is 12.1 Å². The second-order valence-electron chi connectivity index (χ2n) is 3.31. The zero-order valence-electron chi connectivity index (χ0n) is 9.51. The van der Waals surface area contributed by atoms with Crippen LogP contribution in [0.5, 0.6) is 0 Å². The third-order valence-corrected chi connectivity index (χ3v) is 2.53. The van der Waals surface area contributed by atoms with Crippen molar-refractivity contribution in [3.63, 3.8) is 0 Å². The van der Waals surface area contributed by atoms with Gasteiger partial charge in [0.25, 0.3) is 5.70 Å². The number of ether oxygens (including phenoxy) is 1. The van der Waals surface area contributed by atoms with Gasteiger partial charge in [0.15, 0.2) is 0 Å². The lowest BCUT2D eigenvalue weighted by atomic mass is 10.2. The molecule has 0 saturated heterocycles. The molecule has 1 aliphatic carbocycles. The predicted octanol–water partition coefficient (Wildman–Crippen LogP) is 2.85. The molecule has 0 aromatic heterocycles. The number of nitriles is 1. The van der Waals surface area contributed by atoms with E-state index >= 15 is 0 Å². The SMILES string of the molecule is N#CC1=C(OC/C=C/CBr)CC=C([N+](=O)[O-])C=C1. The Balaban J connectivity index is 2.78. The van der Waals surface area contributed by atoms with E-state index in [2.05, 4.69) is 15.9 Å². The fourth-order valence-electron chi connectivity index (χ4n) is 1.29. The van der Waals surface area contributed by atoms with Crippen LogP contribution in [0.15, 0.2) is 47.4 Å². The molecule has 6 heteroatoms. The molecular formula is C12H11BrN2O3. The average Bonchev–Trinajstić information content (AvgIpc) is 2.56. The van der Waals surface area contributed by atoms with Crippen LogP contribution in [0.1, 0.15) is 6.42 Å². The lowest BCUT2D eigenvalue weighted by Gasteiger charge is -2.06. The first kappa shape index (κ1) is 14.2.